The van der Waals surface area contributed by atoms with Crippen LogP contribution in [0.25, 0.3) is 0 Å². The Labute approximate surface area is 125 Å². The molecule has 0 aromatic heterocycles. The standard InChI is InChI=1S/C15H24FN3O2/c1-5-6-21-14-8-13(12(17)7-11(14)16)19(4)9-10(2)15(20)18-3/h7-8,10H,5-6,9,17H2,1-4H3,(H,18,20). The lowest BCUT2D eigenvalue weighted by Crippen LogP contribution is -2.34. The van der Waals surface area contributed by atoms with Crippen LogP contribution in [0, 0.1) is 11.7 Å². The molecule has 0 aliphatic carbocycles. The molecule has 1 unspecified atom stereocenters. The van der Waals surface area contributed by atoms with Crippen molar-refractivity contribution in [2.75, 3.05) is 37.9 Å². The van der Waals surface area contributed by atoms with Gasteiger partial charge in [0.2, 0.25) is 5.91 Å². The zero-order valence-corrected chi connectivity index (χ0v) is 13.1. The van der Waals surface area contributed by atoms with Gasteiger partial charge in [-0.25, -0.2) is 4.39 Å². The first-order valence-electron chi connectivity index (χ1n) is 7.05. The summed E-state index contributed by atoms with van der Waals surface area (Å²) in [6, 6.07) is 2.83. The molecule has 0 saturated heterocycles. The van der Waals surface area contributed by atoms with Crippen molar-refractivity contribution in [1.82, 2.24) is 5.32 Å². The number of hydrogen-bond donors (Lipinski definition) is 2. The number of hydrogen-bond acceptors (Lipinski definition) is 4. The van der Waals surface area contributed by atoms with E-state index in [9.17, 15) is 9.18 Å². The fraction of sp³-hybridized carbons (Fsp3) is 0.533. The molecule has 1 aromatic carbocycles. The Hall–Kier alpha value is -1.98. The van der Waals surface area contributed by atoms with Crippen LogP contribution in [0.4, 0.5) is 15.8 Å². The van der Waals surface area contributed by atoms with Crippen molar-refractivity contribution < 1.29 is 13.9 Å². The normalized spacial score (nSPS) is 11.9. The summed E-state index contributed by atoms with van der Waals surface area (Å²) < 4.78 is 19.1. The van der Waals surface area contributed by atoms with Crippen molar-refractivity contribution in [2.24, 2.45) is 5.92 Å². The van der Waals surface area contributed by atoms with E-state index < -0.39 is 5.82 Å². The molecule has 5 nitrogen and oxygen atoms in total. The van der Waals surface area contributed by atoms with E-state index in [0.717, 1.165) is 6.42 Å². The molecular weight excluding hydrogens is 273 g/mol. The van der Waals surface area contributed by atoms with Gasteiger partial charge in [-0.15, -0.1) is 0 Å². The molecule has 0 aliphatic heterocycles. The van der Waals surface area contributed by atoms with Crippen molar-refractivity contribution in [3.63, 3.8) is 0 Å². The molecule has 1 aromatic rings. The third kappa shape index (κ3) is 4.51. The number of halogens is 1. The minimum Gasteiger partial charge on any atom is -0.490 e. The maximum atomic E-state index is 13.8. The van der Waals surface area contributed by atoms with E-state index in [1.807, 2.05) is 25.8 Å². The SMILES string of the molecule is CCCOc1cc(N(C)CC(C)C(=O)NC)c(N)cc1F. The van der Waals surface area contributed by atoms with Crippen molar-refractivity contribution in [2.45, 2.75) is 20.3 Å². The highest BCUT2D eigenvalue weighted by molar-refractivity contribution is 5.79. The molecule has 0 radical (unpaired) electrons. The van der Waals surface area contributed by atoms with Crippen LogP contribution in [-0.4, -0.2) is 33.2 Å². The number of amides is 1. The van der Waals surface area contributed by atoms with Gasteiger partial charge in [0.1, 0.15) is 0 Å². The van der Waals surface area contributed by atoms with Crippen molar-refractivity contribution in [1.29, 1.82) is 0 Å². The van der Waals surface area contributed by atoms with Gasteiger partial charge < -0.3 is 20.7 Å². The van der Waals surface area contributed by atoms with Crippen molar-refractivity contribution in [3.8, 4) is 5.75 Å². The highest BCUT2D eigenvalue weighted by atomic mass is 19.1. The van der Waals surface area contributed by atoms with Crippen LogP contribution in [0.15, 0.2) is 12.1 Å². The Morgan fingerprint density at radius 1 is 1.52 bits per heavy atom. The number of nitrogens with two attached hydrogens (primary N) is 1. The summed E-state index contributed by atoms with van der Waals surface area (Å²) in [6.07, 6.45) is 0.794. The van der Waals surface area contributed by atoms with Crippen LogP contribution < -0.4 is 20.7 Å². The first-order chi connectivity index (χ1) is 9.90. The fourth-order valence-corrected chi connectivity index (χ4v) is 2.05. The van der Waals surface area contributed by atoms with Gasteiger partial charge in [0.25, 0.3) is 0 Å². The smallest absolute Gasteiger partial charge is 0.224 e. The first-order valence-corrected chi connectivity index (χ1v) is 7.05. The second-order valence-electron chi connectivity index (χ2n) is 5.09. The van der Waals surface area contributed by atoms with E-state index in [-0.39, 0.29) is 17.6 Å². The van der Waals surface area contributed by atoms with E-state index in [2.05, 4.69) is 5.32 Å². The van der Waals surface area contributed by atoms with Crippen molar-refractivity contribution in [3.05, 3.63) is 17.9 Å². The number of nitrogen functional groups attached to an aromatic ring is 1. The predicted octanol–water partition coefficient (Wildman–Crippen LogP) is 2.01. The molecule has 0 spiro atoms. The molecule has 0 heterocycles. The van der Waals surface area contributed by atoms with Crippen molar-refractivity contribution >= 4 is 17.3 Å². The van der Waals surface area contributed by atoms with Crippen LogP contribution in [0.2, 0.25) is 0 Å². The number of ether oxygens (including phenoxy) is 1. The van der Waals surface area contributed by atoms with Gasteiger partial charge in [-0.05, 0) is 6.42 Å². The highest BCUT2D eigenvalue weighted by Gasteiger charge is 2.17. The summed E-state index contributed by atoms with van der Waals surface area (Å²) in [5.41, 5.74) is 6.84. The van der Waals surface area contributed by atoms with Crippen LogP contribution in [0.5, 0.6) is 5.75 Å². The largest absolute Gasteiger partial charge is 0.490 e. The number of anilines is 2. The number of benzene rings is 1. The average molecular weight is 297 g/mol. The van der Waals surface area contributed by atoms with E-state index in [1.165, 1.54) is 6.07 Å². The fourth-order valence-electron chi connectivity index (χ4n) is 2.05. The van der Waals surface area contributed by atoms with Gasteiger partial charge in [0, 0.05) is 32.8 Å². The number of nitrogens with one attached hydrogen (secondary N) is 1. The van der Waals surface area contributed by atoms with E-state index in [4.69, 9.17) is 10.5 Å². The Bertz CT molecular complexity index is 494. The molecule has 0 saturated carbocycles. The van der Waals surface area contributed by atoms with Crippen LogP contribution in [0.3, 0.4) is 0 Å². The monoisotopic (exact) mass is 297 g/mol. The molecule has 1 rings (SSSR count). The molecule has 0 bridgehead atoms. The van der Waals surface area contributed by atoms with Gasteiger partial charge >= 0.3 is 0 Å². The Morgan fingerprint density at radius 2 is 2.19 bits per heavy atom. The van der Waals surface area contributed by atoms with Gasteiger partial charge in [0.05, 0.1) is 23.9 Å². The zero-order valence-electron chi connectivity index (χ0n) is 13.1. The number of carbonyl (C=O) groups excluding carboxylic acids is 1. The molecule has 1 atom stereocenters. The molecule has 6 heteroatoms. The lowest BCUT2D eigenvalue weighted by molar-refractivity contribution is -0.123. The quantitative estimate of drug-likeness (QED) is 0.756. The van der Waals surface area contributed by atoms with E-state index in [0.29, 0.717) is 24.5 Å². The van der Waals surface area contributed by atoms with E-state index in [1.54, 1.807) is 13.1 Å². The minimum absolute atomic E-state index is 0.0509. The summed E-state index contributed by atoms with van der Waals surface area (Å²) in [7, 11) is 3.41. The first kappa shape index (κ1) is 17.1. The Morgan fingerprint density at radius 3 is 2.76 bits per heavy atom. The molecular formula is C15H24FN3O2. The number of carbonyl (C=O) groups is 1. The van der Waals surface area contributed by atoms with Crippen LogP contribution in [-0.2, 0) is 4.79 Å². The predicted molar refractivity (Wildman–Crippen MR) is 83.1 cm³/mol. The van der Waals surface area contributed by atoms with Gasteiger partial charge in [-0.3, -0.25) is 4.79 Å². The Balaban J connectivity index is 2.92. The molecule has 0 aliphatic rings. The third-order valence-corrected chi connectivity index (χ3v) is 3.20. The summed E-state index contributed by atoms with van der Waals surface area (Å²) >= 11 is 0. The zero-order chi connectivity index (χ0) is 16.0. The third-order valence-electron chi connectivity index (χ3n) is 3.20. The number of nitrogens with zero attached hydrogens (tertiary/aromatic N) is 1. The summed E-state index contributed by atoms with van der Waals surface area (Å²) in [5, 5.41) is 2.60. The van der Waals surface area contributed by atoms with E-state index >= 15 is 0 Å². The van der Waals surface area contributed by atoms with Crippen LogP contribution >= 0.6 is 0 Å². The van der Waals surface area contributed by atoms with Gasteiger partial charge in [-0.1, -0.05) is 13.8 Å². The molecule has 3 N–H and O–H groups in total. The Kier molecular flexibility index (Phi) is 6.27. The second-order valence-corrected chi connectivity index (χ2v) is 5.09. The number of rotatable bonds is 7. The van der Waals surface area contributed by atoms with Gasteiger partial charge in [0.15, 0.2) is 11.6 Å². The van der Waals surface area contributed by atoms with Crippen LogP contribution in [0.1, 0.15) is 20.3 Å². The maximum absolute atomic E-state index is 13.8. The lowest BCUT2D eigenvalue weighted by atomic mass is 10.1. The summed E-state index contributed by atoms with van der Waals surface area (Å²) in [4.78, 5) is 13.4. The summed E-state index contributed by atoms with van der Waals surface area (Å²) in [6.45, 7) is 4.69. The molecule has 118 valence electrons. The maximum Gasteiger partial charge on any atom is 0.224 e. The second kappa shape index (κ2) is 7.71. The van der Waals surface area contributed by atoms with Gasteiger partial charge in [-0.2, -0.15) is 0 Å². The lowest BCUT2D eigenvalue weighted by Gasteiger charge is -2.24. The average Bonchev–Trinajstić information content (AvgIpc) is 2.45. The highest BCUT2D eigenvalue weighted by Crippen LogP contribution is 2.31. The minimum atomic E-state index is -0.475. The molecule has 0 fully saturated rings. The molecule has 1 amide bonds. The topological polar surface area (TPSA) is 67.6 Å². The molecule has 21 heavy (non-hydrogen) atoms. The summed E-state index contributed by atoms with van der Waals surface area (Å²) in [5.74, 6) is -0.549.